The van der Waals surface area contributed by atoms with Crippen molar-refractivity contribution < 1.29 is 19.1 Å². The summed E-state index contributed by atoms with van der Waals surface area (Å²) in [5.41, 5.74) is 2.71. The van der Waals surface area contributed by atoms with Gasteiger partial charge in [-0.25, -0.2) is 0 Å². The fourth-order valence-corrected chi connectivity index (χ4v) is 4.21. The number of hydrogen-bond donors (Lipinski definition) is 1. The topological polar surface area (TPSA) is 69.6 Å². The molecule has 0 spiro atoms. The van der Waals surface area contributed by atoms with Crippen molar-refractivity contribution in [1.82, 2.24) is 9.88 Å². The van der Waals surface area contributed by atoms with E-state index in [-0.39, 0.29) is 36.7 Å². The number of methoxy groups -OCH3 is 1. The van der Waals surface area contributed by atoms with Gasteiger partial charge in [0.25, 0.3) is 5.91 Å². The number of carbonyl (C=O) groups excluding carboxylic acids is 2. The van der Waals surface area contributed by atoms with Crippen molar-refractivity contribution in [3.8, 4) is 5.75 Å². The molecule has 170 valence electrons. The highest BCUT2D eigenvalue weighted by Crippen LogP contribution is 2.31. The van der Waals surface area contributed by atoms with E-state index in [2.05, 4.69) is 5.32 Å². The van der Waals surface area contributed by atoms with Crippen molar-refractivity contribution in [2.24, 2.45) is 0 Å². The molecule has 0 radical (unpaired) electrons. The summed E-state index contributed by atoms with van der Waals surface area (Å²) in [6.07, 6.45) is 2.20. The monoisotopic (exact) mass is 476 g/mol. The Kier molecular flexibility index (Phi) is 7.82. The Morgan fingerprint density at radius 3 is 2.59 bits per heavy atom. The molecule has 1 unspecified atom stereocenters. The molecule has 1 aliphatic rings. The van der Waals surface area contributed by atoms with E-state index in [1.165, 1.54) is 0 Å². The molecule has 2 aromatic carbocycles. The molecule has 0 saturated carbocycles. The van der Waals surface area contributed by atoms with Crippen LogP contribution in [0, 0.1) is 6.92 Å². The second-order valence-electron chi connectivity index (χ2n) is 7.75. The van der Waals surface area contributed by atoms with Crippen LogP contribution in [-0.4, -0.2) is 42.7 Å². The van der Waals surface area contributed by atoms with Gasteiger partial charge in [-0.2, -0.15) is 0 Å². The van der Waals surface area contributed by atoms with Gasteiger partial charge in [0.1, 0.15) is 12.4 Å². The van der Waals surface area contributed by atoms with Gasteiger partial charge >= 0.3 is 5.97 Å². The smallest absolute Gasteiger partial charge is 0.310 e. The first-order valence-electron chi connectivity index (χ1n) is 10.3. The second kappa shape index (κ2) is 10.4. The van der Waals surface area contributed by atoms with Crippen LogP contribution in [0.4, 0.5) is 0 Å². The fourth-order valence-electron chi connectivity index (χ4n) is 4.08. The minimum atomic E-state index is -0.308. The summed E-state index contributed by atoms with van der Waals surface area (Å²) in [7, 11) is 1.59. The minimum absolute atomic E-state index is 0. The number of nitrogens with one attached hydrogen (secondary N) is 1. The first kappa shape index (κ1) is 24.1. The molecule has 4 rings (SSSR count). The summed E-state index contributed by atoms with van der Waals surface area (Å²) in [6.45, 7) is 3.17. The third-order valence-electron chi connectivity index (χ3n) is 5.77. The molecular formula is C24H26Cl2N2O4. The van der Waals surface area contributed by atoms with Crippen molar-refractivity contribution in [2.45, 2.75) is 32.2 Å². The number of esters is 1. The van der Waals surface area contributed by atoms with Gasteiger partial charge in [0.15, 0.2) is 0 Å². The lowest BCUT2D eigenvalue weighted by molar-refractivity contribution is -0.143. The molecule has 0 bridgehead atoms. The molecule has 6 nitrogen and oxygen atoms in total. The van der Waals surface area contributed by atoms with Gasteiger partial charge in [0, 0.05) is 27.7 Å². The third kappa shape index (κ3) is 4.93. The molecule has 1 aliphatic heterocycles. The van der Waals surface area contributed by atoms with Crippen molar-refractivity contribution in [3.05, 3.63) is 64.3 Å². The van der Waals surface area contributed by atoms with Gasteiger partial charge in [-0.1, -0.05) is 11.6 Å². The highest BCUT2D eigenvalue weighted by molar-refractivity contribution is 6.30. The lowest BCUT2D eigenvalue weighted by Crippen LogP contribution is -2.28. The molecule has 3 aromatic rings. The Labute approximate surface area is 198 Å². The molecule has 1 N–H and O–H groups in total. The van der Waals surface area contributed by atoms with Crippen LogP contribution >= 0.6 is 24.0 Å². The lowest BCUT2D eigenvalue weighted by Gasteiger charge is -2.11. The van der Waals surface area contributed by atoms with E-state index in [1.807, 2.05) is 19.1 Å². The molecule has 32 heavy (non-hydrogen) atoms. The summed E-state index contributed by atoms with van der Waals surface area (Å²) in [5, 5.41) is 4.69. The van der Waals surface area contributed by atoms with Crippen LogP contribution in [-0.2, 0) is 16.0 Å². The number of carbonyl (C=O) groups is 2. The zero-order valence-electron chi connectivity index (χ0n) is 18.0. The predicted molar refractivity (Wildman–Crippen MR) is 127 cm³/mol. The van der Waals surface area contributed by atoms with Gasteiger partial charge in [-0.3, -0.25) is 14.2 Å². The third-order valence-corrected chi connectivity index (χ3v) is 6.02. The van der Waals surface area contributed by atoms with Gasteiger partial charge in [0.2, 0.25) is 0 Å². The van der Waals surface area contributed by atoms with Gasteiger partial charge < -0.3 is 14.8 Å². The number of ether oxygens (including phenoxy) is 2. The fraction of sp³-hybridized carbons (Fsp3) is 0.333. The van der Waals surface area contributed by atoms with Crippen molar-refractivity contribution >= 4 is 46.8 Å². The highest BCUT2D eigenvalue weighted by Gasteiger charge is 2.23. The maximum absolute atomic E-state index is 13.3. The Hall–Kier alpha value is -2.54. The average molecular weight is 477 g/mol. The molecule has 1 saturated heterocycles. The molecule has 1 aromatic heterocycles. The average Bonchev–Trinajstić information content (AvgIpc) is 3.39. The normalized spacial score (nSPS) is 15.4. The van der Waals surface area contributed by atoms with E-state index in [9.17, 15) is 9.59 Å². The summed E-state index contributed by atoms with van der Waals surface area (Å²) in [6, 6.07) is 12.5. The Morgan fingerprint density at radius 1 is 1.19 bits per heavy atom. The molecule has 8 heteroatoms. The molecule has 1 atom stereocenters. The van der Waals surface area contributed by atoms with Gasteiger partial charge in [-0.15, -0.1) is 12.4 Å². The summed E-state index contributed by atoms with van der Waals surface area (Å²) < 4.78 is 12.5. The number of benzene rings is 2. The number of halogens is 2. The van der Waals surface area contributed by atoms with Crippen LogP contribution < -0.4 is 10.1 Å². The quantitative estimate of drug-likeness (QED) is 0.528. The van der Waals surface area contributed by atoms with Crippen LogP contribution in [0.2, 0.25) is 5.02 Å². The van der Waals surface area contributed by atoms with E-state index in [0.717, 1.165) is 35.9 Å². The largest absolute Gasteiger partial charge is 0.497 e. The van der Waals surface area contributed by atoms with Crippen LogP contribution in [0.1, 0.15) is 34.5 Å². The Balaban J connectivity index is 0.00000289. The van der Waals surface area contributed by atoms with Crippen LogP contribution in [0.15, 0.2) is 42.5 Å². The maximum Gasteiger partial charge on any atom is 0.310 e. The first-order chi connectivity index (χ1) is 15.0. The molecule has 0 aliphatic carbocycles. The minimum Gasteiger partial charge on any atom is -0.497 e. The summed E-state index contributed by atoms with van der Waals surface area (Å²) in [5.74, 6) is 0.171. The molecule has 1 fully saturated rings. The highest BCUT2D eigenvalue weighted by atomic mass is 35.5. The lowest BCUT2D eigenvalue weighted by atomic mass is 10.1. The molecular weight excluding hydrogens is 451 g/mol. The van der Waals surface area contributed by atoms with E-state index >= 15 is 0 Å². The standard InChI is InChI=1S/C24H25ClN2O4.ClH/c1-15-20(13-23(28)31-14-18-4-3-11-26-18)21-12-19(30-2)9-10-22(21)27(15)24(29)16-5-7-17(25)8-6-16;/h5-10,12,18,26H,3-4,11,13-14H2,1-2H3;1H. The summed E-state index contributed by atoms with van der Waals surface area (Å²) in [4.78, 5) is 25.9. The zero-order chi connectivity index (χ0) is 22.0. The van der Waals surface area contributed by atoms with Crippen LogP contribution in [0.5, 0.6) is 5.75 Å². The van der Waals surface area contributed by atoms with Crippen molar-refractivity contribution in [2.75, 3.05) is 20.3 Å². The van der Waals surface area contributed by atoms with E-state index in [4.69, 9.17) is 21.1 Å². The number of aromatic nitrogens is 1. The Bertz CT molecular complexity index is 1120. The zero-order valence-corrected chi connectivity index (χ0v) is 19.6. The number of rotatable bonds is 6. The number of fused-ring (bicyclic) bond motifs is 1. The van der Waals surface area contributed by atoms with E-state index in [1.54, 1.807) is 42.0 Å². The maximum atomic E-state index is 13.3. The number of hydrogen-bond acceptors (Lipinski definition) is 5. The SMILES string of the molecule is COc1ccc2c(c1)c(CC(=O)OCC1CCCN1)c(C)n2C(=O)c1ccc(Cl)cc1.Cl. The number of nitrogens with zero attached hydrogens (tertiary/aromatic N) is 1. The molecule has 0 amide bonds. The first-order valence-corrected chi connectivity index (χ1v) is 10.7. The van der Waals surface area contributed by atoms with Crippen molar-refractivity contribution in [1.29, 1.82) is 0 Å². The van der Waals surface area contributed by atoms with E-state index < -0.39 is 0 Å². The van der Waals surface area contributed by atoms with Crippen LogP contribution in [0.25, 0.3) is 10.9 Å². The summed E-state index contributed by atoms with van der Waals surface area (Å²) >= 11 is 5.97. The van der Waals surface area contributed by atoms with E-state index in [0.29, 0.717) is 28.6 Å². The Morgan fingerprint density at radius 2 is 1.94 bits per heavy atom. The van der Waals surface area contributed by atoms with Crippen LogP contribution in [0.3, 0.4) is 0 Å². The predicted octanol–water partition coefficient (Wildman–Crippen LogP) is 4.56. The van der Waals surface area contributed by atoms with Gasteiger partial charge in [-0.05, 0) is 74.3 Å². The van der Waals surface area contributed by atoms with Crippen molar-refractivity contribution in [3.63, 3.8) is 0 Å². The second-order valence-corrected chi connectivity index (χ2v) is 8.18. The molecule has 2 heterocycles. The van der Waals surface area contributed by atoms with Gasteiger partial charge in [0.05, 0.1) is 19.0 Å².